The van der Waals surface area contributed by atoms with E-state index < -0.39 is 0 Å². The monoisotopic (exact) mass is 408 g/mol. The average molecular weight is 409 g/mol. The minimum absolute atomic E-state index is 0.0876. The van der Waals surface area contributed by atoms with Crippen molar-refractivity contribution < 1.29 is 9.53 Å². The number of nitrogens with zero attached hydrogens (tertiary/aromatic N) is 2. The van der Waals surface area contributed by atoms with Gasteiger partial charge in [-0.15, -0.1) is 0 Å². The Morgan fingerprint density at radius 2 is 2.11 bits per heavy atom. The third-order valence-electron chi connectivity index (χ3n) is 4.53. The molecule has 0 unspecified atom stereocenters. The average Bonchev–Trinajstić information content (AvgIpc) is 2.62. The van der Waals surface area contributed by atoms with Gasteiger partial charge < -0.3 is 15.4 Å². The van der Waals surface area contributed by atoms with E-state index in [4.69, 9.17) is 27.9 Å². The number of pyridine rings is 2. The molecule has 144 valence electrons. The van der Waals surface area contributed by atoms with Crippen molar-refractivity contribution in [2.75, 3.05) is 23.8 Å². The fourth-order valence-corrected chi connectivity index (χ4v) is 3.67. The summed E-state index contributed by atoms with van der Waals surface area (Å²) in [4.78, 5) is 19.3. The summed E-state index contributed by atoms with van der Waals surface area (Å²) >= 11 is 12.6. The van der Waals surface area contributed by atoms with Gasteiger partial charge in [0.15, 0.2) is 0 Å². The molecule has 0 aliphatic carbocycles. The quantitative estimate of drug-likeness (QED) is 0.680. The van der Waals surface area contributed by atoms with Crippen LogP contribution in [0.15, 0.2) is 24.4 Å². The first-order valence-corrected chi connectivity index (χ1v) is 9.54. The molecule has 1 fully saturated rings. The van der Waals surface area contributed by atoms with Gasteiger partial charge in [-0.3, -0.25) is 4.79 Å². The SMILES string of the molecule is CC1(C)C[C@@H](CNc2ccc(Cl)c(-c3cc(NC=O)ncc3Cl)n2)CCO1. The van der Waals surface area contributed by atoms with Crippen LogP contribution in [-0.4, -0.2) is 35.1 Å². The van der Waals surface area contributed by atoms with Crippen LogP contribution in [0.25, 0.3) is 11.3 Å². The van der Waals surface area contributed by atoms with E-state index in [2.05, 4.69) is 34.4 Å². The van der Waals surface area contributed by atoms with Gasteiger partial charge in [0.2, 0.25) is 6.41 Å². The molecular weight excluding hydrogens is 387 g/mol. The van der Waals surface area contributed by atoms with Gasteiger partial charge in [0.1, 0.15) is 11.6 Å². The lowest BCUT2D eigenvalue weighted by atomic mass is 9.88. The summed E-state index contributed by atoms with van der Waals surface area (Å²) in [6.45, 7) is 5.82. The molecule has 1 amide bonds. The molecule has 0 spiro atoms. The minimum Gasteiger partial charge on any atom is -0.376 e. The van der Waals surface area contributed by atoms with Crippen LogP contribution in [0.2, 0.25) is 10.0 Å². The Bertz CT molecular complexity index is 829. The summed E-state index contributed by atoms with van der Waals surface area (Å²) in [6.07, 6.45) is 4.04. The Labute approximate surface area is 168 Å². The van der Waals surface area contributed by atoms with Crippen LogP contribution < -0.4 is 10.6 Å². The third-order valence-corrected chi connectivity index (χ3v) is 5.14. The third kappa shape index (κ3) is 5.09. The zero-order chi connectivity index (χ0) is 19.4. The van der Waals surface area contributed by atoms with Crippen molar-refractivity contribution in [1.29, 1.82) is 0 Å². The lowest BCUT2D eigenvalue weighted by molar-refractivity contribution is -0.105. The molecule has 2 aromatic rings. The molecule has 3 heterocycles. The second-order valence-electron chi connectivity index (χ2n) is 7.19. The number of halogens is 2. The number of aromatic nitrogens is 2. The lowest BCUT2D eigenvalue weighted by Gasteiger charge is -2.35. The molecule has 1 aliphatic heterocycles. The van der Waals surface area contributed by atoms with E-state index in [0.717, 1.165) is 31.8 Å². The largest absolute Gasteiger partial charge is 0.376 e. The summed E-state index contributed by atoms with van der Waals surface area (Å²) in [5.74, 6) is 1.61. The van der Waals surface area contributed by atoms with Crippen LogP contribution in [0.1, 0.15) is 26.7 Å². The van der Waals surface area contributed by atoms with Gasteiger partial charge in [0.05, 0.1) is 21.3 Å². The van der Waals surface area contributed by atoms with Crippen molar-refractivity contribution in [3.63, 3.8) is 0 Å². The molecule has 0 aromatic carbocycles. The maximum atomic E-state index is 10.7. The van der Waals surface area contributed by atoms with Crippen LogP contribution in [0.3, 0.4) is 0 Å². The highest BCUT2D eigenvalue weighted by atomic mass is 35.5. The number of carbonyl (C=O) groups is 1. The van der Waals surface area contributed by atoms with Crippen LogP contribution >= 0.6 is 23.2 Å². The Kier molecular flexibility index (Phi) is 6.19. The molecule has 27 heavy (non-hydrogen) atoms. The topological polar surface area (TPSA) is 76.1 Å². The van der Waals surface area contributed by atoms with Crippen molar-refractivity contribution in [3.8, 4) is 11.3 Å². The van der Waals surface area contributed by atoms with Crippen molar-refractivity contribution in [1.82, 2.24) is 9.97 Å². The highest BCUT2D eigenvalue weighted by Gasteiger charge is 2.28. The fraction of sp³-hybridized carbons (Fsp3) is 0.421. The molecule has 3 rings (SSSR count). The van der Waals surface area contributed by atoms with Gasteiger partial charge in [0.25, 0.3) is 0 Å². The van der Waals surface area contributed by atoms with Crippen LogP contribution in [0, 0.1) is 5.92 Å². The molecule has 2 aromatic heterocycles. The van der Waals surface area contributed by atoms with E-state index in [1.54, 1.807) is 12.1 Å². The van der Waals surface area contributed by atoms with Gasteiger partial charge >= 0.3 is 0 Å². The van der Waals surface area contributed by atoms with Crippen LogP contribution in [-0.2, 0) is 9.53 Å². The summed E-state index contributed by atoms with van der Waals surface area (Å²) in [5.41, 5.74) is 1.06. The maximum absolute atomic E-state index is 10.7. The van der Waals surface area contributed by atoms with Crippen LogP contribution in [0.4, 0.5) is 11.6 Å². The van der Waals surface area contributed by atoms with E-state index in [-0.39, 0.29) is 5.60 Å². The predicted octanol–water partition coefficient (Wildman–Crippen LogP) is 4.64. The zero-order valence-electron chi connectivity index (χ0n) is 15.3. The van der Waals surface area contributed by atoms with Crippen molar-refractivity contribution >= 4 is 41.2 Å². The number of anilines is 2. The number of carbonyl (C=O) groups excluding carboxylic acids is 1. The molecule has 0 radical (unpaired) electrons. The van der Waals surface area contributed by atoms with Gasteiger partial charge in [-0.25, -0.2) is 9.97 Å². The Morgan fingerprint density at radius 1 is 1.30 bits per heavy atom. The molecular formula is C19H22Cl2N4O2. The fourth-order valence-electron chi connectivity index (χ4n) is 3.27. The number of ether oxygens (including phenoxy) is 1. The summed E-state index contributed by atoms with van der Waals surface area (Å²) in [6, 6.07) is 5.27. The molecule has 1 saturated heterocycles. The normalized spacial score (nSPS) is 18.7. The summed E-state index contributed by atoms with van der Waals surface area (Å²) in [7, 11) is 0. The highest BCUT2D eigenvalue weighted by Crippen LogP contribution is 2.34. The van der Waals surface area contributed by atoms with Crippen LogP contribution in [0.5, 0.6) is 0 Å². The smallest absolute Gasteiger partial charge is 0.212 e. The second kappa shape index (κ2) is 8.42. The Morgan fingerprint density at radius 3 is 2.85 bits per heavy atom. The van der Waals surface area contributed by atoms with Crippen molar-refractivity contribution in [2.45, 2.75) is 32.3 Å². The molecule has 2 N–H and O–H groups in total. The van der Waals surface area contributed by atoms with Gasteiger partial charge in [-0.2, -0.15) is 0 Å². The number of rotatable bonds is 6. The van der Waals surface area contributed by atoms with Gasteiger partial charge in [-0.1, -0.05) is 23.2 Å². The second-order valence-corrected chi connectivity index (χ2v) is 8.00. The first-order valence-electron chi connectivity index (χ1n) is 8.78. The summed E-state index contributed by atoms with van der Waals surface area (Å²) in [5, 5.41) is 6.78. The van der Waals surface area contributed by atoms with Gasteiger partial charge in [0, 0.05) is 24.9 Å². The van der Waals surface area contributed by atoms with E-state index in [1.165, 1.54) is 6.20 Å². The van der Waals surface area contributed by atoms with E-state index in [1.807, 2.05) is 6.07 Å². The van der Waals surface area contributed by atoms with Crippen molar-refractivity contribution in [2.24, 2.45) is 5.92 Å². The maximum Gasteiger partial charge on any atom is 0.212 e. The molecule has 1 aliphatic rings. The Balaban J connectivity index is 1.79. The first kappa shape index (κ1) is 19.9. The summed E-state index contributed by atoms with van der Waals surface area (Å²) < 4.78 is 5.77. The van der Waals surface area contributed by atoms with Crippen molar-refractivity contribution in [3.05, 3.63) is 34.4 Å². The Hall–Kier alpha value is -1.89. The molecule has 1 atom stereocenters. The molecule has 0 saturated carbocycles. The molecule has 8 heteroatoms. The van der Waals surface area contributed by atoms with E-state index in [0.29, 0.717) is 39.4 Å². The standard InChI is InChI=1S/C19H22Cl2N4O2/c1-19(2)8-12(5-6-27-19)9-22-16-4-3-14(20)18(25-16)13-7-17(24-11-26)23-10-15(13)21/h3-4,7,10-12H,5-6,8-9H2,1-2H3,(H,22,25)(H,23,24,26)/t12-/m0/s1. The minimum atomic E-state index is -0.0876. The number of hydrogen-bond donors (Lipinski definition) is 2. The first-order chi connectivity index (χ1) is 12.9. The van der Waals surface area contributed by atoms with E-state index >= 15 is 0 Å². The number of hydrogen-bond acceptors (Lipinski definition) is 5. The van der Waals surface area contributed by atoms with Gasteiger partial charge in [-0.05, 0) is 50.8 Å². The molecule has 6 nitrogen and oxygen atoms in total. The number of amides is 1. The predicted molar refractivity (Wildman–Crippen MR) is 108 cm³/mol. The lowest BCUT2D eigenvalue weighted by Crippen LogP contribution is -2.36. The zero-order valence-corrected chi connectivity index (χ0v) is 16.8. The van der Waals surface area contributed by atoms with E-state index in [9.17, 15) is 4.79 Å². The number of nitrogens with one attached hydrogen (secondary N) is 2. The highest BCUT2D eigenvalue weighted by molar-refractivity contribution is 6.36. The molecule has 0 bridgehead atoms.